The molecule has 0 spiro atoms. The van der Waals surface area contributed by atoms with Crippen molar-refractivity contribution in [2.45, 2.75) is 58.8 Å². The smallest absolute Gasteiger partial charge is 0.419 e. The quantitative estimate of drug-likeness (QED) is 0.882. The molecule has 0 aliphatic heterocycles. The predicted octanol–water partition coefficient (Wildman–Crippen LogP) is 2.22. The van der Waals surface area contributed by atoms with Gasteiger partial charge in [0.25, 0.3) is 0 Å². The van der Waals surface area contributed by atoms with E-state index < -0.39 is 29.4 Å². The lowest BCUT2D eigenvalue weighted by Crippen LogP contribution is -2.36. The topological polar surface area (TPSA) is 103 Å². The van der Waals surface area contributed by atoms with Crippen molar-refractivity contribution in [1.29, 1.82) is 0 Å². The van der Waals surface area contributed by atoms with Crippen molar-refractivity contribution >= 4 is 12.2 Å². The van der Waals surface area contributed by atoms with E-state index in [4.69, 9.17) is 9.47 Å². The number of nitrogens with one attached hydrogen (secondary N) is 1. The van der Waals surface area contributed by atoms with Crippen molar-refractivity contribution in [3.8, 4) is 0 Å². The average molecular weight is 327 g/mol. The fourth-order valence-corrected chi connectivity index (χ4v) is 1.60. The first-order valence-corrected chi connectivity index (χ1v) is 7.29. The van der Waals surface area contributed by atoms with Crippen molar-refractivity contribution in [3.63, 3.8) is 0 Å². The molecule has 1 amide bonds. The number of aromatic nitrogens is 2. The summed E-state index contributed by atoms with van der Waals surface area (Å²) in [5, 5.41) is 11.9. The lowest BCUT2D eigenvalue weighted by molar-refractivity contribution is 0.0480. The summed E-state index contributed by atoms with van der Waals surface area (Å²) in [6.45, 7) is 10.1. The van der Waals surface area contributed by atoms with Crippen LogP contribution in [0.5, 0.6) is 0 Å². The Bertz CT molecular complexity index is 554. The van der Waals surface area contributed by atoms with E-state index in [9.17, 15) is 14.7 Å². The van der Waals surface area contributed by atoms with Crippen LogP contribution in [0.25, 0.3) is 0 Å². The highest BCUT2D eigenvalue weighted by Gasteiger charge is 2.23. The number of hydrogen-bond acceptors (Lipinski definition) is 6. The molecule has 1 unspecified atom stereocenters. The van der Waals surface area contributed by atoms with Crippen LogP contribution in [0.3, 0.4) is 0 Å². The number of alkyl carbamates (subject to hydrolysis) is 1. The van der Waals surface area contributed by atoms with E-state index in [1.54, 1.807) is 41.5 Å². The van der Waals surface area contributed by atoms with Gasteiger partial charge in [-0.15, -0.1) is 0 Å². The van der Waals surface area contributed by atoms with Gasteiger partial charge in [0.05, 0.1) is 18.3 Å². The number of amides is 1. The second kappa shape index (κ2) is 6.99. The molecule has 0 saturated carbocycles. The molecule has 0 aliphatic rings. The number of rotatable bonds is 3. The highest BCUT2D eigenvalue weighted by Crippen LogP contribution is 2.14. The van der Waals surface area contributed by atoms with Crippen LogP contribution >= 0.6 is 0 Å². The Morgan fingerprint density at radius 3 is 2.26 bits per heavy atom. The minimum Gasteiger partial charge on any atom is -0.444 e. The summed E-state index contributed by atoms with van der Waals surface area (Å²) < 4.78 is 11.5. The van der Waals surface area contributed by atoms with Gasteiger partial charge in [0, 0.05) is 6.20 Å². The Morgan fingerprint density at radius 1 is 1.22 bits per heavy atom. The van der Waals surface area contributed by atoms with Gasteiger partial charge in [-0.1, -0.05) is 0 Å². The van der Waals surface area contributed by atoms with Gasteiger partial charge in [0.15, 0.2) is 0 Å². The van der Waals surface area contributed by atoms with E-state index in [2.05, 4.69) is 10.3 Å². The molecule has 0 radical (unpaired) electrons. The van der Waals surface area contributed by atoms with E-state index in [1.807, 2.05) is 0 Å². The van der Waals surface area contributed by atoms with Crippen LogP contribution in [0.1, 0.15) is 53.3 Å². The molecule has 23 heavy (non-hydrogen) atoms. The summed E-state index contributed by atoms with van der Waals surface area (Å²) in [5.41, 5.74) is -0.962. The SMILES string of the molecule is CC(C)(C)OC(=O)NC(CO)c1cn(C(=O)OC(C)(C)C)cn1. The van der Waals surface area contributed by atoms with Crippen molar-refractivity contribution in [1.82, 2.24) is 14.9 Å². The first kappa shape index (κ1) is 19.0. The highest BCUT2D eigenvalue weighted by atomic mass is 16.6. The third kappa shape index (κ3) is 6.68. The molecule has 0 fully saturated rings. The van der Waals surface area contributed by atoms with Crippen LogP contribution in [0.15, 0.2) is 12.5 Å². The zero-order chi connectivity index (χ0) is 17.8. The minimum atomic E-state index is -0.784. The second-order valence-corrected chi connectivity index (χ2v) is 7.07. The standard InChI is InChI=1S/C15H25N3O5/c1-14(2,3)22-12(20)17-11(8-19)10-7-18(9-16-10)13(21)23-15(4,5)6/h7,9,11,19H,8H2,1-6H3,(H,17,20). The summed E-state index contributed by atoms with van der Waals surface area (Å²) in [5.74, 6) is 0. The molecule has 8 nitrogen and oxygen atoms in total. The fraction of sp³-hybridized carbons (Fsp3) is 0.667. The monoisotopic (exact) mass is 327 g/mol. The number of nitrogens with zero attached hydrogens (tertiary/aromatic N) is 2. The fourth-order valence-electron chi connectivity index (χ4n) is 1.60. The normalized spacial score (nSPS) is 13.3. The van der Waals surface area contributed by atoms with E-state index >= 15 is 0 Å². The molecular formula is C15H25N3O5. The zero-order valence-corrected chi connectivity index (χ0v) is 14.4. The van der Waals surface area contributed by atoms with Crippen molar-refractivity contribution < 1.29 is 24.2 Å². The molecule has 1 heterocycles. The number of carbonyl (C=O) groups excluding carboxylic acids is 2. The van der Waals surface area contributed by atoms with Crippen LogP contribution in [0.4, 0.5) is 9.59 Å². The van der Waals surface area contributed by atoms with Crippen LogP contribution in [0, 0.1) is 0 Å². The number of aliphatic hydroxyl groups is 1. The second-order valence-electron chi connectivity index (χ2n) is 7.07. The van der Waals surface area contributed by atoms with Gasteiger partial charge in [-0.2, -0.15) is 0 Å². The van der Waals surface area contributed by atoms with Crippen LogP contribution in [0.2, 0.25) is 0 Å². The molecule has 2 N–H and O–H groups in total. The van der Waals surface area contributed by atoms with Gasteiger partial charge >= 0.3 is 12.2 Å². The van der Waals surface area contributed by atoms with Crippen LogP contribution < -0.4 is 5.32 Å². The first-order valence-electron chi connectivity index (χ1n) is 7.29. The Hall–Kier alpha value is -2.09. The molecular weight excluding hydrogens is 302 g/mol. The van der Waals surface area contributed by atoms with Crippen molar-refractivity contribution in [3.05, 3.63) is 18.2 Å². The Kier molecular flexibility index (Phi) is 5.76. The van der Waals surface area contributed by atoms with Gasteiger partial charge in [-0.25, -0.2) is 19.1 Å². The lowest BCUT2D eigenvalue weighted by atomic mass is 10.2. The summed E-state index contributed by atoms with van der Waals surface area (Å²) in [6.07, 6.45) is 1.39. The molecule has 130 valence electrons. The molecule has 1 aromatic rings. The third-order valence-electron chi connectivity index (χ3n) is 2.44. The Balaban J connectivity index is 2.77. The molecule has 1 rings (SSSR count). The molecule has 1 aromatic heterocycles. The zero-order valence-electron chi connectivity index (χ0n) is 14.4. The summed E-state index contributed by atoms with van der Waals surface area (Å²) >= 11 is 0. The highest BCUT2D eigenvalue weighted by molar-refractivity contribution is 5.71. The number of carbonyl (C=O) groups is 2. The Morgan fingerprint density at radius 2 is 1.78 bits per heavy atom. The molecule has 0 aliphatic carbocycles. The maximum absolute atomic E-state index is 11.9. The molecule has 1 atom stereocenters. The molecule has 8 heteroatoms. The van der Waals surface area contributed by atoms with E-state index in [0.29, 0.717) is 5.69 Å². The van der Waals surface area contributed by atoms with Crippen molar-refractivity contribution in [2.24, 2.45) is 0 Å². The summed E-state index contributed by atoms with van der Waals surface area (Å²) in [4.78, 5) is 27.7. The van der Waals surface area contributed by atoms with Gasteiger partial charge in [0.2, 0.25) is 0 Å². The van der Waals surface area contributed by atoms with Gasteiger partial charge in [-0.3, -0.25) is 0 Å². The van der Waals surface area contributed by atoms with E-state index in [-0.39, 0.29) is 6.61 Å². The van der Waals surface area contributed by atoms with E-state index in [1.165, 1.54) is 12.5 Å². The Labute approximate surface area is 135 Å². The number of aliphatic hydroxyl groups excluding tert-OH is 1. The minimum absolute atomic E-state index is 0.323. The molecule has 0 aromatic carbocycles. The van der Waals surface area contributed by atoms with Crippen LogP contribution in [-0.2, 0) is 9.47 Å². The molecule has 0 bridgehead atoms. The maximum Gasteiger partial charge on any atom is 0.419 e. The third-order valence-corrected chi connectivity index (χ3v) is 2.44. The number of imidazole rings is 1. The van der Waals surface area contributed by atoms with Gasteiger partial charge in [-0.05, 0) is 41.5 Å². The first-order chi connectivity index (χ1) is 10.4. The van der Waals surface area contributed by atoms with Gasteiger partial charge < -0.3 is 19.9 Å². The summed E-state index contributed by atoms with van der Waals surface area (Å²) in [7, 11) is 0. The maximum atomic E-state index is 11.9. The average Bonchev–Trinajstić information content (AvgIpc) is 2.81. The lowest BCUT2D eigenvalue weighted by Gasteiger charge is -2.22. The number of hydrogen-bond donors (Lipinski definition) is 2. The number of ether oxygens (including phenoxy) is 2. The van der Waals surface area contributed by atoms with E-state index in [0.717, 1.165) is 4.57 Å². The predicted molar refractivity (Wildman–Crippen MR) is 83.1 cm³/mol. The van der Waals surface area contributed by atoms with Gasteiger partial charge in [0.1, 0.15) is 17.5 Å². The molecule has 0 saturated heterocycles. The van der Waals surface area contributed by atoms with Crippen LogP contribution in [-0.4, -0.2) is 44.7 Å². The summed E-state index contributed by atoms with van der Waals surface area (Å²) in [6, 6.07) is -0.784. The largest absolute Gasteiger partial charge is 0.444 e. The van der Waals surface area contributed by atoms with Crippen molar-refractivity contribution in [2.75, 3.05) is 6.61 Å².